The largest absolute Gasteiger partial charge is 0.326 e. The van der Waals surface area contributed by atoms with Gasteiger partial charge in [-0.3, -0.25) is 4.79 Å². The molecule has 0 bridgehead atoms. The fourth-order valence-electron chi connectivity index (χ4n) is 2.33. The highest BCUT2D eigenvalue weighted by atomic mass is 32.2. The number of carbonyl (C=O) groups is 1. The Hall–Kier alpha value is -1.44. The number of rotatable bonds is 3. The Bertz CT molecular complexity index is 583. The summed E-state index contributed by atoms with van der Waals surface area (Å²) >= 11 is 0. The molecule has 4 N–H and O–H groups in total. The topological polar surface area (TPSA) is 101 Å². The zero-order valence-electron chi connectivity index (χ0n) is 11.3. The molecular weight excluding hydrogens is 278 g/mol. The number of primary sulfonamides is 1. The van der Waals surface area contributed by atoms with Crippen LogP contribution in [0.15, 0.2) is 29.2 Å². The molecule has 1 aliphatic rings. The lowest BCUT2D eigenvalue weighted by atomic mass is 9.91. The molecule has 1 aromatic carbocycles. The molecule has 6 nitrogen and oxygen atoms in total. The number of sulfonamides is 1. The van der Waals surface area contributed by atoms with Crippen LogP contribution in [0.5, 0.6) is 0 Å². The lowest BCUT2D eigenvalue weighted by Crippen LogP contribution is -2.40. The molecule has 7 heteroatoms. The van der Waals surface area contributed by atoms with E-state index in [1.54, 1.807) is 0 Å². The van der Waals surface area contributed by atoms with Gasteiger partial charge in [0.2, 0.25) is 15.9 Å². The molecule has 2 unspecified atom stereocenters. The van der Waals surface area contributed by atoms with Crippen molar-refractivity contribution in [3.63, 3.8) is 0 Å². The number of benzene rings is 1. The summed E-state index contributed by atoms with van der Waals surface area (Å²) in [7, 11) is -3.70. The zero-order valence-corrected chi connectivity index (χ0v) is 12.1. The number of hydrogen-bond donors (Lipinski definition) is 3. The molecule has 2 rings (SSSR count). The maximum absolute atomic E-state index is 12.1. The van der Waals surface area contributed by atoms with Crippen molar-refractivity contribution in [2.45, 2.75) is 18.2 Å². The molecule has 0 aromatic heterocycles. The fraction of sp³-hybridized carbons (Fsp3) is 0.462. The first kappa shape index (κ1) is 15.0. The van der Waals surface area contributed by atoms with Crippen LogP contribution in [0.2, 0.25) is 0 Å². The van der Waals surface area contributed by atoms with Crippen LogP contribution >= 0.6 is 0 Å². The van der Waals surface area contributed by atoms with E-state index in [2.05, 4.69) is 17.6 Å². The molecule has 1 fully saturated rings. The van der Waals surface area contributed by atoms with E-state index in [4.69, 9.17) is 5.14 Å². The quantitative estimate of drug-likeness (QED) is 0.757. The van der Waals surface area contributed by atoms with Gasteiger partial charge >= 0.3 is 0 Å². The molecule has 0 aliphatic carbocycles. The molecular formula is C13H19N3O3S. The summed E-state index contributed by atoms with van der Waals surface area (Å²) < 4.78 is 22.3. The number of nitrogens with two attached hydrogens (primary N) is 1. The maximum atomic E-state index is 12.1. The normalized spacial score (nSPS) is 23.3. The van der Waals surface area contributed by atoms with Gasteiger partial charge in [-0.2, -0.15) is 0 Å². The van der Waals surface area contributed by atoms with Crippen LogP contribution in [0.3, 0.4) is 0 Å². The van der Waals surface area contributed by atoms with Crippen LogP contribution in [-0.4, -0.2) is 27.4 Å². The minimum absolute atomic E-state index is 0.0310. The molecule has 20 heavy (non-hydrogen) atoms. The summed E-state index contributed by atoms with van der Waals surface area (Å²) in [6.45, 7) is 3.71. The van der Waals surface area contributed by atoms with E-state index in [-0.39, 0.29) is 16.7 Å². The highest BCUT2D eigenvalue weighted by Gasteiger charge is 2.24. The second kappa shape index (κ2) is 5.90. The van der Waals surface area contributed by atoms with Gasteiger partial charge in [-0.25, -0.2) is 13.6 Å². The highest BCUT2D eigenvalue weighted by molar-refractivity contribution is 7.89. The van der Waals surface area contributed by atoms with Gasteiger partial charge < -0.3 is 10.6 Å². The number of amides is 1. The first-order chi connectivity index (χ1) is 9.36. The Morgan fingerprint density at radius 3 is 2.50 bits per heavy atom. The Morgan fingerprint density at radius 1 is 1.30 bits per heavy atom. The minimum atomic E-state index is -3.70. The SMILES string of the molecule is CC1CNCC(C(=O)Nc2ccc(S(N)(=O)=O)cc2)C1. The van der Waals surface area contributed by atoms with Crippen molar-refractivity contribution in [2.24, 2.45) is 17.0 Å². The van der Waals surface area contributed by atoms with Crippen LogP contribution in [0.4, 0.5) is 5.69 Å². The summed E-state index contributed by atoms with van der Waals surface area (Å²) in [6, 6.07) is 5.84. The number of carbonyl (C=O) groups excluding carboxylic acids is 1. The Labute approximate surface area is 118 Å². The molecule has 1 heterocycles. The van der Waals surface area contributed by atoms with Crippen LogP contribution in [-0.2, 0) is 14.8 Å². The van der Waals surface area contributed by atoms with Crippen LogP contribution < -0.4 is 15.8 Å². The van der Waals surface area contributed by atoms with E-state index in [1.165, 1.54) is 24.3 Å². The van der Waals surface area contributed by atoms with E-state index in [0.717, 1.165) is 13.0 Å². The van der Waals surface area contributed by atoms with E-state index in [0.29, 0.717) is 18.2 Å². The zero-order chi connectivity index (χ0) is 14.8. The molecule has 1 aromatic rings. The minimum Gasteiger partial charge on any atom is -0.326 e. The van der Waals surface area contributed by atoms with Gasteiger partial charge in [-0.05, 0) is 43.1 Å². The van der Waals surface area contributed by atoms with Gasteiger partial charge in [-0.15, -0.1) is 0 Å². The van der Waals surface area contributed by atoms with Crippen molar-refractivity contribution in [1.82, 2.24) is 5.32 Å². The fourth-order valence-corrected chi connectivity index (χ4v) is 2.84. The number of nitrogens with one attached hydrogen (secondary N) is 2. The predicted molar refractivity (Wildman–Crippen MR) is 76.6 cm³/mol. The average molecular weight is 297 g/mol. The predicted octanol–water partition coefficient (Wildman–Crippen LogP) is 0.518. The first-order valence-electron chi connectivity index (χ1n) is 6.50. The van der Waals surface area contributed by atoms with Gasteiger partial charge in [0.1, 0.15) is 0 Å². The lowest BCUT2D eigenvalue weighted by Gasteiger charge is -2.26. The van der Waals surface area contributed by atoms with Crippen molar-refractivity contribution in [1.29, 1.82) is 0 Å². The maximum Gasteiger partial charge on any atom is 0.238 e. The van der Waals surface area contributed by atoms with Crippen molar-refractivity contribution >= 4 is 21.6 Å². The molecule has 1 amide bonds. The summed E-state index contributed by atoms with van der Waals surface area (Å²) in [4.78, 5) is 12.1. The highest BCUT2D eigenvalue weighted by Crippen LogP contribution is 2.19. The monoisotopic (exact) mass is 297 g/mol. The Kier molecular flexibility index (Phi) is 4.42. The van der Waals surface area contributed by atoms with Crippen molar-refractivity contribution < 1.29 is 13.2 Å². The van der Waals surface area contributed by atoms with E-state index in [1.807, 2.05) is 0 Å². The molecule has 0 radical (unpaired) electrons. The lowest BCUT2D eigenvalue weighted by molar-refractivity contribution is -0.120. The van der Waals surface area contributed by atoms with Crippen LogP contribution in [0.1, 0.15) is 13.3 Å². The summed E-state index contributed by atoms with van der Waals surface area (Å²) in [5.74, 6) is 0.369. The van der Waals surface area contributed by atoms with Crippen molar-refractivity contribution in [3.8, 4) is 0 Å². The third-order valence-electron chi connectivity index (χ3n) is 3.39. The van der Waals surface area contributed by atoms with Gasteiger partial charge in [0.05, 0.1) is 10.8 Å². The molecule has 2 atom stereocenters. The second-order valence-corrected chi connectivity index (χ2v) is 6.82. The Morgan fingerprint density at radius 2 is 1.95 bits per heavy atom. The number of piperidine rings is 1. The van der Waals surface area contributed by atoms with Gasteiger partial charge in [0, 0.05) is 12.2 Å². The van der Waals surface area contributed by atoms with E-state index in [9.17, 15) is 13.2 Å². The van der Waals surface area contributed by atoms with Crippen molar-refractivity contribution in [3.05, 3.63) is 24.3 Å². The van der Waals surface area contributed by atoms with Crippen LogP contribution in [0.25, 0.3) is 0 Å². The van der Waals surface area contributed by atoms with E-state index < -0.39 is 10.0 Å². The summed E-state index contributed by atoms with van der Waals surface area (Å²) in [6.07, 6.45) is 0.855. The second-order valence-electron chi connectivity index (χ2n) is 5.25. The molecule has 110 valence electrons. The smallest absolute Gasteiger partial charge is 0.238 e. The molecule has 1 aliphatic heterocycles. The first-order valence-corrected chi connectivity index (χ1v) is 8.05. The van der Waals surface area contributed by atoms with Gasteiger partial charge in [0.15, 0.2) is 0 Å². The number of hydrogen-bond acceptors (Lipinski definition) is 4. The molecule has 1 saturated heterocycles. The standard InChI is InChI=1S/C13H19N3O3S/c1-9-6-10(8-15-7-9)13(17)16-11-2-4-12(5-3-11)20(14,18)19/h2-5,9-10,15H,6-8H2,1H3,(H,16,17)(H2,14,18,19). The summed E-state index contributed by atoms with van der Waals surface area (Å²) in [5, 5.41) is 11.0. The molecule has 0 saturated carbocycles. The third kappa shape index (κ3) is 3.78. The molecule has 0 spiro atoms. The van der Waals surface area contributed by atoms with Gasteiger partial charge in [-0.1, -0.05) is 6.92 Å². The van der Waals surface area contributed by atoms with Crippen LogP contribution in [0, 0.1) is 11.8 Å². The summed E-state index contributed by atoms with van der Waals surface area (Å²) in [5.41, 5.74) is 0.570. The van der Waals surface area contributed by atoms with E-state index >= 15 is 0 Å². The van der Waals surface area contributed by atoms with Gasteiger partial charge in [0.25, 0.3) is 0 Å². The Balaban J connectivity index is 2.01. The third-order valence-corrected chi connectivity index (χ3v) is 4.32. The van der Waals surface area contributed by atoms with Crippen molar-refractivity contribution in [2.75, 3.05) is 18.4 Å². The number of anilines is 1. The average Bonchev–Trinajstić information content (AvgIpc) is 2.38.